The van der Waals surface area contributed by atoms with Gasteiger partial charge in [0.25, 0.3) is 0 Å². The molecule has 3 atom stereocenters. The number of alkyl halides is 3. The third-order valence-corrected chi connectivity index (χ3v) is 7.30. The Bertz CT molecular complexity index is 1130. The van der Waals surface area contributed by atoms with E-state index in [4.69, 9.17) is 9.52 Å². The third-order valence-electron chi connectivity index (χ3n) is 6.13. The molecule has 1 fully saturated rings. The third kappa shape index (κ3) is 6.09. The molecule has 34 heavy (non-hydrogen) atoms. The Labute approximate surface area is 198 Å². The van der Waals surface area contributed by atoms with Gasteiger partial charge in [-0.1, -0.05) is 18.2 Å². The summed E-state index contributed by atoms with van der Waals surface area (Å²) in [6.45, 7) is 6.43. The van der Waals surface area contributed by atoms with Crippen molar-refractivity contribution in [3.63, 3.8) is 0 Å². The molecule has 1 aliphatic heterocycles. The van der Waals surface area contributed by atoms with Crippen molar-refractivity contribution < 1.29 is 26.9 Å². The molecule has 1 heterocycles. The van der Waals surface area contributed by atoms with Crippen molar-refractivity contribution in [1.29, 1.82) is 4.78 Å². The van der Waals surface area contributed by atoms with Crippen LogP contribution in [0.5, 0.6) is 5.75 Å². The van der Waals surface area contributed by atoms with Crippen LogP contribution in [0.3, 0.4) is 0 Å². The highest BCUT2D eigenvalue weighted by molar-refractivity contribution is 7.91. The Morgan fingerprint density at radius 3 is 2.44 bits per heavy atom. The van der Waals surface area contributed by atoms with Crippen molar-refractivity contribution in [2.45, 2.75) is 55.9 Å². The lowest BCUT2D eigenvalue weighted by molar-refractivity contribution is -0.137. The molecule has 0 radical (unpaired) electrons. The number of nitrogens with zero attached hydrogens (tertiary/aromatic N) is 1. The van der Waals surface area contributed by atoms with Crippen molar-refractivity contribution >= 4 is 15.6 Å². The maximum atomic E-state index is 13.1. The second-order valence-corrected chi connectivity index (χ2v) is 11.3. The van der Waals surface area contributed by atoms with E-state index in [1.165, 1.54) is 18.4 Å². The molecule has 2 aromatic rings. The molecule has 0 aromatic heterocycles. The summed E-state index contributed by atoms with van der Waals surface area (Å²) in [5.74, 6) is -0.0340. The number of ether oxygens (including phenoxy) is 1. The number of carbonyl (C=O) groups is 1. The minimum Gasteiger partial charge on any atom is -0.489 e. The van der Waals surface area contributed by atoms with E-state index in [1.54, 1.807) is 38.1 Å². The van der Waals surface area contributed by atoms with Crippen LogP contribution < -0.4 is 10.1 Å². The minimum absolute atomic E-state index is 0.157. The maximum absolute atomic E-state index is 13.1. The number of amides is 1. The molecule has 186 valence electrons. The van der Waals surface area contributed by atoms with Crippen molar-refractivity contribution in [1.82, 2.24) is 10.2 Å². The van der Waals surface area contributed by atoms with Crippen LogP contribution in [0.15, 0.2) is 53.4 Å². The molecule has 0 spiro atoms. The number of likely N-dealkylation sites (tertiary alicyclic amines) is 1. The Kier molecular flexibility index (Phi) is 7.33. The quantitative estimate of drug-likeness (QED) is 0.573. The standard InChI is InChI=1S/C24H30F3N3O3S/c1-16(17-8-10-21(11-9-17)34(4,28)32)29-22(31)23(2,3)30-13-12-20(15-30)33-19-7-5-6-18(14-19)24(25,26)27/h5-11,14,16,20,28H,12-13,15H2,1-4H3,(H,29,31)/t16-,20+,34?/m0/s1. The van der Waals surface area contributed by atoms with Crippen LogP contribution in [-0.2, 0) is 20.7 Å². The van der Waals surface area contributed by atoms with Gasteiger partial charge in [0.15, 0.2) is 0 Å². The van der Waals surface area contributed by atoms with E-state index in [0.717, 1.165) is 17.7 Å². The fraction of sp³-hybridized carbons (Fsp3) is 0.458. The highest BCUT2D eigenvalue weighted by Gasteiger charge is 2.40. The first kappa shape index (κ1) is 26.0. The summed E-state index contributed by atoms with van der Waals surface area (Å²) in [5.41, 5.74) is -0.798. The Morgan fingerprint density at radius 2 is 1.85 bits per heavy atom. The molecule has 0 bridgehead atoms. The van der Waals surface area contributed by atoms with Gasteiger partial charge in [-0.2, -0.15) is 13.2 Å². The van der Waals surface area contributed by atoms with Gasteiger partial charge in [0, 0.05) is 24.2 Å². The Morgan fingerprint density at radius 1 is 1.21 bits per heavy atom. The van der Waals surface area contributed by atoms with E-state index in [-0.39, 0.29) is 23.8 Å². The van der Waals surface area contributed by atoms with Crippen LogP contribution in [0.2, 0.25) is 0 Å². The van der Waals surface area contributed by atoms with Gasteiger partial charge in [-0.15, -0.1) is 0 Å². The summed E-state index contributed by atoms with van der Waals surface area (Å²) in [5, 5.41) is 3.00. The van der Waals surface area contributed by atoms with E-state index in [1.807, 2.05) is 11.8 Å². The lowest BCUT2D eigenvalue weighted by Gasteiger charge is -2.35. The average molecular weight is 498 g/mol. The first-order valence-corrected chi connectivity index (χ1v) is 12.9. The number of hydrogen-bond acceptors (Lipinski definition) is 5. The SMILES string of the molecule is C[C@H](NC(=O)C(C)(C)N1CC[C@@H](Oc2cccc(C(F)(F)F)c2)C1)c1ccc(S(C)(=N)=O)cc1. The topological polar surface area (TPSA) is 82.5 Å². The monoisotopic (exact) mass is 497 g/mol. The molecule has 0 aliphatic carbocycles. The van der Waals surface area contributed by atoms with Gasteiger partial charge in [-0.05, 0) is 63.1 Å². The summed E-state index contributed by atoms with van der Waals surface area (Å²) in [6, 6.07) is 11.3. The molecule has 2 aromatic carbocycles. The average Bonchev–Trinajstić information content (AvgIpc) is 3.22. The van der Waals surface area contributed by atoms with E-state index in [0.29, 0.717) is 24.4 Å². The van der Waals surface area contributed by atoms with E-state index >= 15 is 0 Å². The second-order valence-electron chi connectivity index (χ2n) is 9.17. The van der Waals surface area contributed by atoms with Gasteiger partial charge in [0.1, 0.15) is 11.9 Å². The lowest BCUT2D eigenvalue weighted by Crippen LogP contribution is -2.54. The van der Waals surface area contributed by atoms with Crippen LogP contribution in [0, 0.1) is 4.78 Å². The van der Waals surface area contributed by atoms with Gasteiger partial charge in [0.05, 0.1) is 26.9 Å². The molecule has 1 amide bonds. The number of nitrogens with one attached hydrogen (secondary N) is 2. The molecule has 1 aliphatic rings. The highest BCUT2D eigenvalue weighted by atomic mass is 32.2. The van der Waals surface area contributed by atoms with Gasteiger partial charge >= 0.3 is 6.18 Å². The molecule has 1 saturated heterocycles. The number of rotatable bonds is 7. The maximum Gasteiger partial charge on any atom is 0.416 e. The molecule has 0 saturated carbocycles. The minimum atomic E-state index is -4.44. The first-order chi connectivity index (χ1) is 15.7. The van der Waals surface area contributed by atoms with E-state index < -0.39 is 27.0 Å². The van der Waals surface area contributed by atoms with E-state index in [9.17, 15) is 22.2 Å². The summed E-state index contributed by atoms with van der Waals surface area (Å²) < 4.78 is 64.2. The zero-order valence-corrected chi connectivity index (χ0v) is 20.4. The summed E-state index contributed by atoms with van der Waals surface area (Å²) in [4.78, 5) is 15.5. The molecule has 10 heteroatoms. The van der Waals surface area contributed by atoms with Crippen molar-refractivity contribution in [3.8, 4) is 5.75 Å². The van der Waals surface area contributed by atoms with Crippen LogP contribution >= 0.6 is 0 Å². The van der Waals surface area contributed by atoms with Gasteiger partial charge in [-0.25, -0.2) is 8.99 Å². The number of halogens is 3. The zero-order chi connectivity index (χ0) is 25.3. The number of benzene rings is 2. The van der Waals surface area contributed by atoms with Crippen molar-refractivity contribution in [2.75, 3.05) is 19.3 Å². The Balaban J connectivity index is 1.61. The van der Waals surface area contributed by atoms with Gasteiger partial charge < -0.3 is 10.1 Å². The molecular weight excluding hydrogens is 467 g/mol. The normalized spacial score (nSPS) is 19.9. The summed E-state index contributed by atoms with van der Waals surface area (Å²) in [7, 11) is -2.80. The predicted octanol–water partition coefficient (Wildman–Crippen LogP) is 4.85. The molecule has 2 N–H and O–H groups in total. The van der Waals surface area contributed by atoms with Crippen molar-refractivity contribution in [2.24, 2.45) is 0 Å². The van der Waals surface area contributed by atoms with Gasteiger partial charge in [-0.3, -0.25) is 9.69 Å². The zero-order valence-electron chi connectivity index (χ0n) is 19.6. The van der Waals surface area contributed by atoms with E-state index in [2.05, 4.69) is 5.32 Å². The van der Waals surface area contributed by atoms with Gasteiger partial charge in [0.2, 0.25) is 5.91 Å². The highest BCUT2D eigenvalue weighted by Crippen LogP contribution is 2.32. The summed E-state index contributed by atoms with van der Waals surface area (Å²) in [6.07, 6.45) is -2.81. The largest absolute Gasteiger partial charge is 0.489 e. The molecular formula is C24H30F3N3O3S. The molecule has 1 unspecified atom stereocenters. The fourth-order valence-corrected chi connectivity index (χ4v) is 4.54. The number of carbonyl (C=O) groups excluding carboxylic acids is 1. The van der Waals surface area contributed by atoms with Crippen LogP contribution in [-0.4, -0.2) is 46.0 Å². The molecule has 3 rings (SSSR count). The number of hydrogen-bond donors (Lipinski definition) is 2. The van der Waals surface area contributed by atoms with Crippen molar-refractivity contribution in [3.05, 3.63) is 59.7 Å². The predicted molar refractivity (Wildman–Crippen MR) is 124 cm³/mol. The Hall–Kier alpha value is -2.59. The summed E-state index contributed by atoms with van der Waals surface area (Å²) >= 11 is 0. The van der Waals surface area contributed by atoms with Crippen LogP contribution in [0.25, 0.3) is 0 Å². The molecule has 6 nitrogen and oxygen atoms in total. The van der Waals surface area contributed by atoms with Crippen LogP contribution in [0.1, 0.15) is 44.4 Å². The smallest absolute Gasteiger partial charge is 0.416 e. The first-order valence-electron chi connectivity index (χ1n) is 10.9. The van der Waals surface area contributed by atoms with Crippen LogP contribution in [0.4, 0.5) is 13.2 Å². The lowest BCUT2D eigenvalue weighted by atomic mass is 10.0. The second kappa shape index (κ2) is 9.58. The fourth-order valence-electron chi connectivity index (χ4n) is 3.89.